The third-order valence-electron chi connectivity index (χ3n) is 2.93. The zero-order valence-electron chi connectivity index (χ0n) is 11.3. The molecule has 0 saturated carbocycles. The van der Waals surface area contributed by atoms with Crippen molar-refractivity contribution in [2.45, 2.75) is 19.6 Å². The predicted molar refractivity (Wildman–Crippen MR) is 71.5 cm³/mol. The number of hydrogen-bond acceptors (Lipinski definition) is 4. The lowest BCUT2D eigenvalue weighted by atomic mass is 10.1. The second kappa shape index (κ2) is 5.75. The Labute approximate surface area is 112 Å². The van der Waals surface area contributed by atoms with Crippen LogP contribution in [0, 0.1) is 6.92 Å². The van der Waals surface area contributed by atoms with Gasteiger partial charge in [-0.05, 0) is 31.2 Å². The number of aryl methyl sites for hydroxylation is 1. The summed E-state index contributed by atoms with van der Waals surface area (Å²) in [6.07, 6.45) is 1.13. The zero-order chi connectivity index (χ0) is 13.8. The molecule has 1 atom stereocenters. The van der Waals surface area contributed by atoms with Gasteiger partial charge in [0.15, 0.2) is 0 Å². The van der Waals surface area contributed by atoms with Crippen LogP contribution >= 0.6 is 0 Å². The molecule has 1 N–H and O–H groups in total. The second-order valence-corrected chi connectivity index (χ2v) is 4.30. The Balaban J connectivity index is 2.23. The van der Waals surface area contributed by atoms with Gasteiger partial charge in [0.25, 0.3) is 0 Å². The fourth-order valence-electron chi connectivity index (χ4n) is 1.94. The summed E-state index contributed by atoms with van der Waals surface area (Å²) < 4.78 is 12.1. The SMILES string of the molecule is COc1ccc(OC)c(C(O)Cn2ccc(C)n2)c1. The van der Waals surface area contributed by atoms with Crippen molar-refractivity contribution in [3.05, 3.63) is 41.7 Å². The highest BCUT2D eigenvalue weighted by atomic mass is 16.5. The normalized spacial score (nSPS) is 12.2. The Bertz CT molecular complexity index is 551. The summed E-state index contributed by atoms with van der Waals surface area (Å²) in [7, 11) is 3.17. The molecule has 1 unspecified atom stereocenters. The first-order valence-electron chi connectivity index (χ1n) is 6.04. The average Bonchev–Trinajstić information content (AvgIpc) is 2.83. The molecule has 0 amide bonds. The molecule has 0 saturated heterocycles. The maximum absolute atomic E-state index is 10.3. The topological polar surface area (TPSA) is 56.5 Å². The minimum atomic E-state index is -0.704. The van der Waals surface area contributed by atoms with E-state index in [-0.39, 0.29) is 0 Å². The van der Waals surface area contributed by atoms with E-state index in [1.54, 1.807) is 37.1 Å². The summed E-state index contributed by atoms with van der Waals surface area (Å²) in [5.41, 5.74) is 1.61. The van der Waals surface area contributed by atoms with Crippen molar-refractivity contribution in [2.75, 3.05) is 14.2 Å². The first kappa shape index (κ1) is 13.4. The number of aliphatic hydroxyl groups excluding tert-OH is 1. The molecule has 1 heterocycles. The van der Waals surface area contributed by atoms with E-state index in [2.05, 4.69) is 5.10 Å². The number of aromatic nitrogens is 2. The molecule has 5 nitrogen and oxygen atoms in total. The maximum atomic E-state index is 10.3. The number of ether oxygens (including phenoxy) is 2. The van der Waals surface area contributed by atoms with Crippen LogP contribution in [0.15, 0.2) is 30.5 Å². The molecule has 0 fully saturated rings. The Morgan fingerprint density at radius 3 is 2.63 bits per heavy atom. The van der Waals surface area contributed by atoms with Crippen LogP contribution in [0.25, 0.3) is 0 Å². The van der Waals surface area contributed by atoms with Crippen LogP contribution in [0.5, 0.6) is 11.5 Å². The number of methoxy groups -OCH3 is 2. The first-order chi connectivity index (χ1) is 9.13. The van der Waals surface area contributed by atoms with E-state index < -0.39 is 6.10 Å². The van der Waals surface area contributed by atoms with Crippen LogP contribution in [-0.4, -0.2) is 29.1 Å². The van der Waals surface area contributed by atoms with E-state index in [9.17, 15) is 5.11 Å². The van der Waals surface area contributed by atoms with Crippen LogP contribution < -0.4 is 9.47 Å². The summed E-state index contributed by atoms with van der Waals surface area (Å²) in [5.74, 6) is 1.32. The summed E-state index contributed by atoms with van der Waals surface area (Å²) in [5, 5.41) is 14.6. The number of rotatable bonds is 5. The van der Waals surface area contributed by atoms with Crippen molar-refractivity contribution in [1.82, 2.24) is 9.78 Å². The fraction of sp³-hybridized carbons (Fsp3) is 0.357. The lowest BCUT2D eigenvalue weighted by Gasteiger charge is -2.16. The Morgan fingerprint density at radius 1 is 1.26 bits per heavy atom. The molecule has 0 radical (unpaired) electrons. The lowest BCUT2D eigenvalue weighted by Crippen LogP contribution is -2.10. The van der Waals surface area contributed by atoms with E-state index >= 15 is 0 Å². The van der Waals surface area contributed by atoms with Crippen LogP contribution in [0.4, 0.5) is 0 Å². The molecular weight excluding hydrogens is 244 g/mol. The van der Waals surface area contributed by atoms with E-state index in [4.69, 9.17) is 9.47 Å². The van der Waals surface area contributed by atoms with E-state index in [1.807, 2.05) is 19.2 Å². The van der Waals surface area contributed by atoms with Crippen molar-refractivity contribution in [1.29, 1.82) is 0 Å². The largest absolute Gasteiger partial charge is 0.497 e. The molecule has 0 aliphatic rings. The lowest BCUT2D eigenvalue weighted by molar-refractivity contribution is 0.147. The van der Waals surface area contributed by atoms with Gasteiger partial charge in [-0.15, -0.1) is 0 Å². The quantitative estimate of drug-likeness (QED) is 0.894. The Hall–Kier alpha value is -2.01. The highest BCUT2D eigenvalue weighted by Crippen LogP contribution is 2.30. The van der Waals surface area contributed by atoms with Gasteiger partial charge in [-0.2, -0.15) is 5.10 Å². The predicted octanol–water partition coefficient (Wildman–Crippen LogP) is 1.94. The third-order valence-corrected chi connectivity index (χ3v) is 2.93. The fourth-order valence-corrected chi connectivity index (χ4v) is 1.94. The molecule has 1 aromatic carbocycles. The number of nitrogens with zero attached hydrogens (tertiary/aromatic N) is 2. The maximum Gasteiger partial charge on any atom is 0.125 e. The minimum absolute atomic E-state index is 0.372. The standard InChI is InChI=1S/C14H18N2O3/c1-10-6-7-16(15-10)9-13(17)12-8-11(18-2)4-5-14(12)19-3/h4-8,13,17H,9H2,1-3H3. The molecule has 0 bridgehead atoms. The van der Waals surface area contributed by atoms with Crippen molar-refractivity contribution in [2.24, 2.45) is 0 Å². The summed E-state index contributed by atoms with van der Waals surface area (Å²) in [6.45, 7) is 2.28. The highest BCUT2D eigenvalue weighted by Gasteiger charge is 2.15. The Morgan fingerprint density at radius 2 is 2.05 bits per heavy atom. The van der Waals surface area contributed by atoms with Crippen molar-refractivity contribution >= 4 is 0 Å². The molecule has 19 heavy (non-hydrogen) atoms. The average molecular weight is 262 g/mol. The van der Waals surface area contributed by atoms with Gasteiger partial charge in [0, 0.05) is 11.8 Å². The summed E-state index contributed by atoms with van der Waals surface area (Å²) in [6, 6.07) is 7.26. The molecule has 0 aliphatic carbocycles. The highest BCUT2D eigenvalue weighted by molar-refractivity contribution is 5.41. The van der Waals surface area contributed by atoms with Crippen LogP contribution in [-0.2, 0) is 6.54 Å². The monoisotopic (exact) mass is 262 g/mol. The molecule has 1 aromatic heterocycles. The molecule has 0 spiro atoms. The number of benzene rings is 1. The Kier molecular flexibility index (Phi) is 4.06. The van der Waals surface area contributed by atoms with Crippen molar-refractivity contribution in [3.8, 4) is 11.5 Å². The van der Waals surface area contributed by atoms with Gasteiger partial charge in [-0.1, -0.05) is 0 Å². The van der Waals surface area contributed by atoms with Crippen molar-refractivity contribution < 1.29 is 14.6 Å². The van der Waals surface area contributed by atoms with Gasteiger partial charge in [0.1, 0.15) is 17.6 Å². The summed E-state index contributed by atoms with van der Waals surface area (Å²) >= 11 is 0. The van der Waals surface area contributed by atoms with Crippen LogP contribution in [0.2, 0.25) is 0 Å². The van der Waals surface area contributed by atoms with E-state index in [0.29, 0.717) is 23.6 Å². The van der Waals surface area contributed by atoms with E-state index in [0.717, 1.165) is 5.69 Å². The summed E-state index contributed by atoms with van der Waals surface area (Å²) in [4.78, 5) is 0. The van der Waals surface area contributed by atoms with Crippen molar-refractivity contribution in [3.63, 3.8) is 0 Å². The zero-order valence-corrected chi connectivity index (χ0v) is 11.3. The van der Waals surface area contributed by atoms with Gasteiger partial charge in [-0.3, -0.25) is 4.68 Å². The van der Waals surface area contributed by atoms with Crippen LogP contribution in [0.1, 0.15) is 17.4 Å². The molecule has 2 rings (SSSR count). The van der Waals surface area contributed by atoms with Gasteiger partial charge in [0.2, 0.25) is 0 Å². The first-order valence-corrected chi connectivity index (χ1v) is 6.04. The second-order valence-electron chi connectivity index (χ2n) is 4.30. The van der Waals surface area contributed by atoms with Crippen LogP contribution in [0.3, 0.4) is 0 Å². The number of aliphatic hydroxyl groups is 1. The molecule has 5 heteroatoms. The number of hydrogen-bond donors (Lipinski definition) is 1. The molecule has 2 aromatic rings. The minimum Gasteiger partial charge on any atom is -0.497 e. The molecule has 102 valence electrons. The van der Waals surface area contributed by atoms with Gasteiger partial charge < -0.3 is 14.6 Å². The molecule has 0 aliphatic heterocycles. The van der Waals surface area contributed by atoms with E-state index in [1.165, 1.54) is 0 Å². The van der Waals surface area contributed by atoms with Gasteiger partial charge in [0.05, 0.1) is 26.5 Å². The molecular formula is C14H18N2O3. The third kappa shape index (κ3) is 3.06. The smallest absolute Gasteiger partial charge is 0.125 e. The van der Waals surface area contributed by atoms with Gasteiger partial charge >= 0.3 is 0 Å². The van der Waals surface area contributed by atoms with Gasteiger partial charge in [-0.25, -0.2) is 0 Å².